The Hall–Kier alpha value is -1.32. The Morgan fingerprint density at radius 2 is 2.17 bits per heavy atom. The average molecular weight is 164 g/mol. The predicted octanol–water partition coefficient (Wildman–Crippen LogP) is 0.978. The minimum absolute atomic E-state index is 0.784. The van der Waals surface area contributed by atoms with Crippen molar-refractivity contribution in [3.63, 3.8) is 0 Å². The van der Waals surface area contributed by atoms with Crippen LogP contribution in [0.15, 0.2) is 20.0 Å². The molecule has 0 saturated heterocycles. The van der Waals surface area contributed by atoms with Gasteiger partial charge in [0.05, 0.1) is 13.1 Å². The van der Waals surface area contributed by atoms with Gasteiger partial charge < -0.3 is 0 Å². The van der Waals surface area contributed by atoms with Crippen LogP contribution in [0.4, 0.5) is 0 Å². The monoisotopic (exact) mass is 164 g/mol. The molecule has 2 aliphatic rings. The van der Waals surface area contributed by atoms with Gasteiger partial charge in [-0.2, -0.15) is 0 Å². The lowest BCUT2D eigenvalue weighted by Gasteiger charge is -1.75. The number of hydrogen-bond acceptors (Lipinski definition) is 4. The third-order valence-electron chi connectivity index (χ3n) is 1.36. The van der Waals surface area contributed by atoms with Gasteiger partial charge in [-0.05, 0) is 13.8 Å². The molecule has 64 valence electrons. The van der Waals surface area contributed by atoms with E-state index >= 15 is 0 Å². The fraction of sp³-hybridized carbons (Fsp3) is 0.500. The first kappa shape index (κ1) is 8.77. The van der Waals surface area contributed by atoms with Crippen LogP contribution in [-0.4, -0.2) is 37.2 Å². The maximum atomic E-state index is 3.93. The van der Waals surface area contributed by atoms with Gasteiger partial charge in [0.25, 0.3) is 0 Å². The predicted molar refractivity (Wildman–Crippen MR) is 52.9 cm³/mol. The van der Waals surface area contributed by atoms with Crippen molar-refractivity contribution in [1.82, 2.24) is 0 Å². The zero-order valence-corrected chi connectivity index (χ0v) is 7.36. The van der Waals surface area contributed by atoms with Gasteiger partial charge in [0.1, 0.15) is 12.2 Å². The van der Waals surface area contributed by atoms with Gasteiger partial charge in [-0.3, -0.25) is 9.98 Å². The van der Waals surface area contributed by atoms with E-state index in [1.807, 2.05) is 13.8 Å². The Bertz CT molecular complexity index is 257. The van der Waals surface area contributed by atoms with E-state index in [1.165, 1.54) is 0 Å². The number of amidine groups is 1. The molecule has 0 amide bonds. The minimum Gasteiger partial charge on any atom is -0.267 e. The zero-order valence-electron chi connectivity index (χ0n) is 7.36. The summed E-state index contributed by atoms with van der Waals surface area (Å²) in [5, 5.41) is 0. The highest BCUT2D eigenvalue weighted by Crippen LogP contribution is 1.84. The summed E-state index contributed by atoms with van der Waals surface area (Å²) >= 11 is 0. The molecule has 0 fully saturated rings. The molecule has 2 heterocycles. The van der Waals surface area contributed by atoms with Gasteiger partial charge in [0.2, 0.25) is 0 Å². The molecular formula is C8H12N4. The number of rotatable bonds is 0. The van der Waals surface area contributed by atoms with Crippen LogP contribution in [0.1, 0.15) is 13.8 Å². The van der Waals surface area contributed by atoms with E-state index in [0.717, 1.165) is 24.6 Å². The molecule has 0 aromatic rings. The molecule has 0 aliphatic carbocycles. The Morgan fingerprint density at radius 1 is 1.33 bits per heavy atom. The van der Waals surface area contributed by atoms with Crippen LogP contribution in [0.2, 0.25) is 0 Å². The molecule has 0 unspecified atom stereocenters. The third-order valence-corrected chi connectivity index (χ3v) is 1.36. The molecule has 12 heavy (non-hydrogen) atoms. The second-order valence-electron chi connectivity index (χ2n) is 2.52. The normalized spacial score (nSPS) is 18.5. The lowest BCUT2D eigenvalue weighted by molar-refractivity contribution is 1.34. The van der Waals surface area contributed by atoms with E-state index in [4.69, 9.17) is 0 Å². The van der Waals surface area contributed by atoms with Gasteiger partial charge >= 0.3 is 0 Å². The summed E-state index contributed by atoms with van der Waals surface area (Å²) in [5.74, 6) is 0.898. The number of nitrogens with zero attached hydrogens (tertiary/aromatic N) is 4. The van der Waals surface area contributed by atoms with E-state index in [1.54, 1.807) is 12.6 Å². The lowest BCUT2D eigenvalue weighted by atomic mass is 10.4. The third kappa shape index (κ3) is 3.18. The van der Waals surface area contributed by atoms with Gasteiger partial charge in [-0.15, -0.1) is 0 Å². The SMILES string of the molecule is CC1=NC=NC1.CC1=NCC=N1. The van der Waals surface area contributed by atoms with E-state index in [2.05, 4.69) is 20.0 Å². The second kappa shape index (κ2) is 4.54. The highest BCUT2D eigenvalue weighted by molar-refractivity contribution is 5.94. The van der Waals surface area contributed by atoms with Crippen molar-refractivity contribution in [3.8, 4) is 0 Å². The molecule has 2 rings (SSSR count). The molecule has 0 N–H and O–H groups in total. The minimum atomic E-state index is 0.784. The number of hydrogen-bond donors (Lipinski definition) is 0. The van der Waals surface area contributed by atoms with Crippen molar-refractivity contribution in [1.29, 1.82) is 0 Å². The zero-order chi connectivity index (χ0) is 8.81. The fourth-order valence-corrected chi connectivity index (χ4v) is 0.740. The van der Waals surface area contributed by atoms with E-state index in [9.17, 15) is 0 Å². The van der Waals surface area contributed by atoms with E-state index in [-0.39, 0.29) is 0 Å². The molecular weight excluding hydrogens is 152 g/mol. The number of aliphatic imine (C=N–C) groups is 4. The second-order valence-corrected chi connectivity index (χ2v) is 2.52. The Balaban J connectivity index is 0.000000120. The van der Waals surface area contributed by atoms with Gasteiger partial charge in [-0.1, -0.05) is 0 Å². The fourth-order valence-electron chi connectivity index (χ4n) is 0.740. The summed E-state index contributed by atoms with van der Waals surface area (Å²) < 4.78 is 0. The van der Waals surface area contributed by atoms with Crippen molar-refractivity contribution in [2.75, 3.05) is 13.1 Å². The van der Waals surface area contributed by atoms with Crippen LogP contribution in [0.25, 0.3) is 0 Å². The summed E-state index contributed by atoms with van der Waals surface area (Å²) in [6, 6.07) is 0. The molecule has 0 saturated carbocycles. The van der Waals surface area contributed by atoms with Crippen molar-refractivity contribution in [2.45, 2.75) is 13.8 Å². The van der Waals surface area contributed by atoms with Crippen LogP contribution in [-0.2, 0) is 0 Å². The van der Waals surface area contributed by atoms with Crippen LogP contribution < -0.4 is 0 Å². The molecule has 0 spiro atoms. The van der Waals surface area contributed by atoms with Gasteiger partial charge in [-0.25, -0.2) is 9.98 Å². The summed E-state index contributed by atoms with van der Waals surface area (Å²) in [5.41, 5.74) is 1.11. The maximum Gasteiger partial charge on any atom is 0.120 e. The first-order valence-electron chi connectivity index (χ1n) is 3.84. The Morgan fingerprint density at radius 3 is 2.33 bits per heavy atom. The van der Waals surface area contributed by atoms with Crippen LogP contribution in [0.5, 0.6) is 0 Å². The highest BCUT2D eigenvalue weighted by Gasteiger charge is 1.89. The molecule has 2 aliphatic heterocycles. The smallest absolute Gasteiger partial charge is 0.120 e. The first-order valence-corrected chi connectivity index (χ1v) is 3.84. The van der Waals surface area contributed by atoms with Crippen molar-refractivity contribution in [3.05, 3.63) is 0 Å². The Labute approximate surface area is 71.9 Å². The summed E-state index contributed by atoms with van der Waals surface area (Å²) in [6.07, 6.45) is 3.39. The van der Waals surface area contributed by atoms with Crippen molar-refractivity contribution >= 4 is 24.1 Å². The van der Waals surface area contributed by atoms with Crippen molar-refractivity contribution < 1.29 is 0 Å². The first-order chi connectivity index (χ1) is 5.79. The Kier molecular flexibility index (Phi) is 3.32. The summed E-state index contributed by atoms with van der Waals surface area (Å²) in [4.78, 5) is 15.5. The lowest BCUT2D eigenvalue weighted by Crippen LogP contribution is -1.87. The van der Waals surface area contributed by atoms with Gasteiger partial charge in [0.15, 0.2) is 0 Å². The molecule has 0 aromatic carbocycles. The summed E-state index contributed by atoms with van der Waals surface area (Å²) in [6.45, 7) is 5.45. The molecule has 0 aromatic heterocycles. The molecule has 0 radical (unpaired) electrons. The van der Waals surface area contributed by atoms with Crippen molar-refractivity contribution in [2.24, 2.45) is 20.0 Å². The molecule has 0 atom stereocenters. The largest absolute Gasteiger partial charge is 0.267 e. The van der Waals surface area contributed by atoms with E-state index < -0.39 is 0 Å². The molecule has 4 nitrogen and oxygen atoms in total. The quantitative estimate of drug-likeness (QED) is 0.512. The van der Waals surface area contributed by atoms with Crippen LogP contribution >= 0.6 is 0 Å². The van der Waals surface area contributed by atoms with Crippen LogP contribution in [0, 0.1) is 0 Å². The van der Waals surface area contributed by atoms with E-state index in [0.29, 0.717) is 0 Å². The molecule has 0 bridgehead atoms. The topological polar surface area (TPSA) is 49.4 Å². The molecule has 4 heteroatoms. The van der Waals surface area contributed by atoms with Crippen LogP contribution in [0.3, 0.4) is 0 Å². The standard InChI is InChI=1S/2C4H6N2/c1-4-2-5-3-6-4;1-4-5-2-3-6-4/h3H,2H2,1H3;2H,3H2,1H3. The average Bonchev–Trinajstić information content (AvgIpc) is 2.63. The van der Waals surface area contributed by atoms with Gasteiger partial charge in [0, 0.05) is 11.9 Å². The summed E-state index contributed by atoms with van der Waals surface area (Å²) in [7, 11) is 0. The highest BCUT2D eigenvalue weighted by atomic mass is 15.0. The maximum absolute atomic E-state index is 3.93.